The van der Waals surface area contributed by atoms with E-state index in [-0.39, 0.29) is 0 Å². The summed E-state index contributed by atoms with van der Waals surface area (Å²) in [4.78, 5) is 4.25. The average molecular weight is 313 g/mol. The van der Waals surface area contributed by atoms with Gasteiger partial charge >= 0.3 is 0 Å². The van der Waals surface area contributed by atoms with E-state index in [0.717, 1.165) is 6.67 Å². The lowest BCUT2D eigenvalue weighted by Crippen LogP contribution is -2.26. The highest BCUT2D eigenvalue weighted by molar-refractivity contribution is 5.69. The van der Waals surface area contributed by atoms with Gasteiger partial charge in [-0.1, -0.05) is 86.7 Å². The third-order valence-electron chi connectivity index (χ3n) is 2.63. The summed E-state index contributed by atoms with van der Waals surface area (Å²) in [5.74, 6) is 0. The third kappa shape index (κ3) is 12.3. The zero-order valence-electron chi connectivity index (χ0n) is 15.5. The maximum absolute atomic E-state index is 2.12. The fourth-order valence-electron chi connectivity index (χ4n) is 1.89. The van der Waals surface area contributed by atoms with E-state index in [0.29, 0.717) is 0 Å². The second kappa shape index (κ2) is 13.7. The molecule has 0 radical (unpaired) electrons. The highest BCUT2D eigenvalue weighted by atomic mass is 15.2. The lowest BCUT2D eigenvalue weighted by molar-refractivity contribution is 0.245. The van der Waals surface area contributed by atoms with E-state index in [1.165, 1.54) is 11.1 Å². The van der Waals surface area contributed by atoms with Crippen LogP contribution in [-0.4, -0.2) is 44.7 Å². The van der Waals surface area contributed by atoms with Gasteiger partial charge < -0.3 is 0 Å². The summed E-state index contributed by atoms with van der Waals surface area (Å²) in [5.41, 5.74) is 2.47. The zero-order valence-corrected chi connectivity index (χ0v) is 15.5. The Balaban J connectivity index is 0.000000460. The Morgan fingerprint density at radius 2 is 0.913 bits per heavy atom. The van der Waals surface area contributed by atoms with Gasteiger partial charge in [0.05, 0.1) is 0 Å². The van der Waals surface area contributed by atoms with Crippen LogP contribution < -0.4 is 0 Å². The summed E-state index contributed by atoms with van der Waals surface area (Å²) in [7, 11) is 8.22. The molecule has 0 aliphatic heterocycles. The molecule has 0 amide bonds. The Bertz CT molecular complexity index is 454. The predicted octanol–water partition coefficient (Wildman–Crippen LogP) is 4.95. The lowest BCUT2D eigenvalue weighted by Gasteiger charge is -2.14. The van der Waals surface area contributed by atoms with Crippen molar-refractivity contribution in [3.63, 3.8) is 0 Å². The minimum absolute atomic E-state index is 1.03. The first-order chi connectivity index (χ1) is 11.1. The van der Waals surface area contributed by atoms with Gasteiger partial charge in [0, 0.05) is 6.67 Å². The van der Waals surface area contributed by atoms with Crippen LogP contribution in [0.4, 0.5) is 0 Å². The Kier molecular flexibility index (Phi) is 12.6. The van der Waals surface area contributed by atoms with Gasteiger partial charge in [-0.15, -0.1) is 0 Å². The second-order valence-electron chi connectivity index (χ2n) is 5.46. The van der Waals surface area contributed by atoms with Crippen molar-refractivity contribution in [3.05, 3.63) is 71.8 Å². The fourth-order valence-corrected chi connectivity index (χ4v) is 1.89. The van der Waals surface area contributed by atoms with Crippen molar-refractivity contribution in [1.29, 1.82) is 0 Å². The molecule has 0 unspecified atom stereocenters. The average Bonchev–Trinajstić information content (AvgIpc) is 2.56. The molecule has 0 aliphatic carbocycles. The Hall–Kier alpha value is -1.90. The molecule has 2 aromatic carbocycles. The molecule has 2 nitrogen and oxygen atoms in total. The molecule has 0 N–H and O–H groups in total. The molecule has 0 saturated carbocycles. The minimum atomic E-state index is 1.03. The predicted molar refractivity (Wildman–Crippen MR) is 105 cm³/mol. The van der Waals surface area contributed by atoms with Crippen molar-refractivity contribution in [2.75, 3.05) is 34.9 Å². The van der Waals surface area contributed by atoms with Gasteiger partial charge in [0.1, 0.15) is 0 Å². The summed E-state index contributed by atoms with van der Waals surface area (Å²) >= 11 is 0. The van der Waals surface area contributed by atoms with Crippen molar-refractivity contribution in [2.24, 2.45) is 0 Å². The standard InChI is InChI=1S/C14H12.C5H14N2.C2H6/c1-3-7-13(8-4-1)11-12-14-9-5-2-6-10-14;1-6(2)5-7(3)4;1-2/h1-12H;5H2,1-4H3;1-2H3. The molecule has 0 aromatic heterocycles. The number of rotatable bonds is 4. The van der Waals surface area contributed by atoms with Gasteiger partial charge in [-0.05, 0) is 39.3 Å². The summed E-state index contributed by atoms with van der Waals surface area (Å²) in [5, 5.41) is 0. The van der Waals surface area contributed by atoms with Crippen molar-refractivity contribution in [1.82, 2.24) is 9.80 Å². The van der Waals surface area contributed by atoms with Crippen molar-refractivity contribution in [2.45, 2.75) is 13.8 Å². The maximum Gasteiger partial charge on any atom is 0.0495 e. The molecule has 23 heavy (non-hydrogen) atoms. The number of hydrogen-bond acceptors (Lipinski definition) is 2. The first-order valence-corrected chi connectivity index (χ1v) is 8.15. The van der Waals surface area contributed by atoms with Crippen LogP contribution in [0.3, 0.4) is 0 Å². The maximum atomic E-state index is 2.12. The Labute approximate surface area is 143 Å². The lowest BCUT2D eigenvalue weighted by atomic mass is 10.1. The van der Waals surface area contributed by atoms with E-state index in [1.54, 1.807) is 0 Å². The topological polar surface area (TPSA) is 6.48 Å². The molecule has 0 bridgehead atoms. The number of hydrogen-bond donors (Lipinski definition) is 0. The van der Waals surface area contributed by atoms with E-state index in [4.69, 9.17) is 0 Å². The van der Waals surface area contributed by atoms with Crippen molar-refractivity contribution in [3.8, 4) is 0 Å². The van der Waals surface area contributed by atoms with Gasteiger partial charge in [0.2, 0.25) is 0 Å². The second-order valence-corrected chi connectivity index (χ2v) is 5.46. The van der Waals surface area contributed by atoms with Gasteiger partial charge in [-0.2, -0.15) is 0 Å². The molecule has 0 saturated heterocycles. The third-order valence-corrected chi connectivity index (χ3v) is 2.63. The van der Waals surface area contributed by atoms with Crippen LogP contribution in [0.25, 0.3) is 12.2 Å². The highest BCUT2D eigenvalue weighted by Crippen LogP contribution is 2.06. The molecule has 2 heteroatoms. The Morgan fingerprint density at radius 1 is 0.609 bits per heavy atom. The van der Waals surface area contributed by atoms with E-state index >= 15 is 0 Å². The van der Waals surface area contributed by atoms with Crippen molar-refractivity contribution < 1.29 is 0 Å². The summed E-state index contributed by atoms with van der Waals surface area (Å²) < 4.78 is 0. The molecule has 2 aromatic rings. The molecular weight excluding hydrogens is 280 g/mol. The van der Waals surface area contributed by atoms with Crippen LogP contribution >= 0.6 is 0 Å². The van der Waals surface area contributed by atoms with Crippen LogP contribution in [-0.2, 0) is 0 Å². The molecular formula is C21H32N2. The van der Waals surface area contributed by atoms with Gasteiger partial charge in [-0.3, -0.25) is 9.80 Å². The first-order valence-electron chi connectivity index (χ1n) is 8.15. The Morgan fingerprint density at radius 3 is 1.13 bits per heavy atom. The van der Waals surface area contributed by atoms with Crippen LogP contribution in [0.15, 0.2) is 60.7 Å². The highest BCUT2D eigenvalue weighted by Gasteiger charge is 1.87. The van der Waals surface area contributed by atoms with Crippen LogP contribution in [0.1, 0.15) is 25.0 Å². The summed E-state index contributed by atoms with van der Waals surface area (Å²) in [6, 6.07) is 20.6. The smallest absolute Gasteiger partial charge is 0.0495 e. The van der Waals surface area contributed by atoms with Crippen LogP contribution in [0.2, 0.25) is 0 Å². The normalized spacial score (nSPS) is 10.1. The van der Waals surface area contributed by atoms with Gasteiger partial charge in [0.25, 0.3) is 0 Å². The van der Waals surface area contributed by atoms with Crippen molar-refractivity contribution >= 4 is 12.2 Å². The number of nitrogens with zero attached hydrogens (tertiary/aromatic N) is 2. The van der Waals surface area contributed by atoms with E-state index in [9.17, 15) is 0 Å². The summed E-state index contributed by atoms with van der Waals surface area (Å²) in [6.45, 7) is 5.03. The zero-order chi connectivity index (χ0) is 17.5. The first kappa shape index (κ1) is 21.1. The molecule has 0 spiro atoms. The molecule has 126 valence electrons. The number of benzene rings is 2. The molecule has 0 aliphatic rings. The molecule has 0 heterocycles. The van der Waals surface area contributed by atoms with Crippen LogP contribution in [0, 0.1) is 0 Å². The minimum Gasteiger partial charge on any atom is -0.297 e. The fraction of sp³-hybridized carbons (Fsp3) is 0.333. The molecule has 0 atom stereocenters. The van der Waals surface area contributed by atoms with E-state index < -0.39 is 0 Å². The monoisotopic (exact) mass is 312 g/mol. The van der Waals surface area contributed by atoms with E-state index in [2.05, 4.69) is 74.4 Å². The van der Waals surface area contributed by atoms with Crippen LogP contribution in [0.5, 0.6) is 0 Å². The van der Waals surface area contributed by atoms with E-state index in [1.807, 2.05) is 50.2 Å². The van der Waals surface area contributed by atoms with Gasteiger partial charge in [-0.25, -0.2) is 0 Å². The molecule has 0 fully saturated rings. The molecule has 2 rings (SSSR count). The van der Waals surface area contributed by atoms with Gasteiger partial charge in [0.15, 0.2) is 0 Å². The quantitative estimate of drug-likeness (QED) is 0.582. The SMILES string of the molecule is C(=Cc1ccccc1)c1ccccc1.CC.CN(C)CN(C)C. The largest absolute Gasteiger partial charge is 0.297 e. The summed E-state index contributed by atoms with van der Waals surface area (Å²) in [6.07, 6.45) is 4.24.